The van der Waals surface area contributed by atoms with Crippen LogP contribution in [0, 0.1) is 5.82 Å². The maximum atomic E-state index is 13.4. The van der Waals surface area contributed by atoms with Gasteiger partial charge in [-0.1, -0.05) is 12.1 Å². The second-order valence-electron chi connectivity index (χ2n) is 10.2. The minimum Gasteiger partial charge on any atom is -0.464 e. The van der Waals surface area contributed by atoms with Crippen LogP contribution in [0.5, 0.6) is 0 Å². The average molecular weight is 542 g/mol. The number of carbonyl (C=O) groups is 3. The van der Waals surface area contributed by atoms with Crippen LogP contribution < -0.4 is 16.4 Å². The number of alkyl carbamates (subject to hydrolysis) is 1. The number of benzene rings is 2. The van der Waals surface area contributed by atoms with Gasteiger partial charge in [0.25, 0.3) is 0 Å². The smallest absolute Gasteiger partial charge is 0.408 e. The van der Waals surface area contributed by atoms with Crippen LogP contribution in [0.4, 0.5) is 14.9 Å². The number of amides is 2. The SMILES string of the molecule is CCOC(=O)[C@H](Cc1ccc(F)cc1)NC(=O)[C@H](CCc1nc2cc(N)ccc2n1C)NC(=O)OC(C)(C)C. The molecule has 4 N–H and O–H groups in total. The van der Waals surface area contributed by atoms with Gasteiger partial charge >= 0.3 is 12.1 Å². The Bertz CT molecular complexity index is 1320. The van der Waals surface area contributed by atoms with Crippen LogP contribution in [-0.4, -0.2) is 51.8 Å². The zero-order valence-corrected chi connectivity index (χ0v) is 22.9. The summed E-state index contributed by atoms with van der Waals surface area (Å²) in [6, 6.07) is 8.92. The Hall–Kier alpha value is -4.15. The van der Waals surface area contributed by atoms with Crippen LogP contribution in [0.25, 0.3) is 11.0 Å². The maximum Gasteiger partial charge on any atom is 0.408 e. The minimum absolute atomic E-state index is 0.0796. The second-order valence-corrected chi connectivity index (χ2v) is 10.2. The molecule has 0 aliphatic rings. The van der Waals surface area contributed by atoms with Crippen molar-refractivity contribution >= 4 is 34.7 Å². The van der Waals surface area contributed by atoms with Crippen molar-refractivity contribution in [3.63, 3.8) is 0 Å². The Kier molecular flexibility index (Phi) is 9.50. The number of hydrogen-bond donors (Lipinski definition) is 3. The first-order chi connectivity index (χ1) is 18.4. The molecule has 1 aromatic heterocycles. The number of nitrogens with two attached hydrogens (primary N) is 1. The van der Waals surface area contributed by atoms with Gasteiger partial charge < -0.3 is 30.4 Å². The third kappa shape index (κ3) is 8.42. The number of nitrogens with one attached hydrogen (secondary N) is 2. The fourth-order valence-electron chi connectivity index (χ4n) is 4.05. The van der Waals surface area contributed by atoms with Crippen LogP contribution in [-0.2, 0) is 39.0 Å². The zero-order chi connectivity index (χ0) is 28.7. The lowest BCUT2D eigenvalue weighted by Crippen LogP contribution is -2.53. The zero-order valence-electron chi connectivity index (χ0n) is 22.9. The van der Waals surface area contributed by atoms with Crippen LogP contribution in [0.2, 0.25) is 0 Å². The van der Waals surface area contributed by atoms with E-state index in [1.165, 1.54) is 24.3 Å². The molecular weight excluding hydrogens is 505 g/mol. The van der Waals surface area contributed by atoms with Crippen molar-refractivity contribution in [3.8, 4) is 0 Å². The van der Waals surface area contributed by atoms with E-state index in [0.717, 1.165) is 11.0 Å². The molecule has 10 nitrogen and oxygen atoms in total. The van der Waals surface area contributed by atoms with E-state index in [1.807, 2.05) is 17.7 Å². The molecule has 2 atom stereocenters. The number of aryl methyl sites for hydroxylation is 2. The first kappa shape index (κ1) is 29.4. The number of hydrogen-bond acceptors (Lipinski definition) is 7. The number of nitrogen functional groups attached to an aromatic ring is 1. The highest BCUT2D eigenvalue weighted by molar-refractivity contribution is 5.90. The first-order valence-electron chi connectivity index (χ1n) is 12.8. The summed E-state index contributed by atoms with van der Waals surface area (Å²) in [5.41, 5.74) is 7.92. The molecule has 0 aliphatic heterocycles. The highest BCUT2D eigenvalue weighted by atomic mass is 19.1. The summed E-state index contributed by atoms with van der Waals surface area (Å²) >= 11 is 0. The van der Waals surface area contributed by atoms with E-state index >= 15 is 0 Å². The monoisotopic (exact) mass is 541 g/mol. The van der Waals surface area contributed by atoms with Crippen molar-refractivity contribution in [1.29, 1.82) is 0 Å². The predicted octanol–water partition coefficient (Wildman–Crippen LogP) is 3.41. The third-order valence-electron chi connectivity index (χ3n) is 5.90. The van der Waals surface area contributed by atoms with E-state index < -0.39 is 41.5 Å². The predicted molar refractivity (Wildman–Crippen MR) is 145 cm³/mol. The normalized spacial score (nSPS) is 13.0. The number of esters is 1. The van der Waals surface area contributed by atoms with Gasteiger partial charge in [0, 0.05) is 25.6 Å². The summed E-state index contributed by atoms with van der Waals surface area (Å²) < 4.78 is 25.8. The van der Waals surface area contributed by atoms with Gasteiger partial charge in [-0.3, -0.25) is 4.79 Å². The summed E-state index contributed by atoms with van der Waals surface area (Å²) in [6.07, 6.45) is -0.187. The molecule has 0 aliphatic carbocycles. The number of fused-ring (bicyclic) bond motifs is 1. The Morgan fingerprint density at radius 1 is 1.08 bits per heavy atom. The lowest BCUT2D eigenvalue weighted by molar-refractivity contribution is -0.147. The Labute approximate surface area is 227 Å². The van der Waals surface area contributed by atoms with E-state index in [-0.39, 0.29) is 19.4 Å². The maximum absolute atomic E-state index is 13.4. The van der Waals surface area contributed by atoms with Crippen molar-refractivity contribution in [2.75, 3.05) is 12.3 Å². The van der Waals surface area contributed by atoms with Crippen LogP contribution in [0.3, 0.4) is 0 Å². The average Bonchev–Trinajstić information content (AvgIpc) is 3.15. The summed E-state index contributed by atoms with van der Waals surface area (Å²) in [5.74, 6) is -0.961. The highest BCUT2D eigenvalue weighted by Crippen LogP contribution is 2.19. The van der Waals surface area contributed by atoms with Crippen LogP contribution in [0.15, 0.2) is 42.5 Å². The molecular formula is C28H36FN5O5. The van der Waals surface area contributed by atoms with Crippen LogP contribution >= 0.6 is 0 Å². The van der Waals surface area contributed by atoms with Gasteiger partial charge in [0.2, 0.25) is 5.91 Å². The number of aromatic nitrogens is 2. The fourth-order valence-corrected chi connectivity index (χ4v) is 4.05. The van der Waals surface area contributed by atoms with Gasteiger partial charge in [-0.15, -0.1) is 0 Å². The van der Waals surface area contributed by atoms with Gasteiger partial charge in [-0.2, -0.15) is 0 Å². The molecule has 2 amide bonds. The molecule has 0 unspecified atom stereocenters. The Balaban J connectivity index is 1.81. The van der Waals surface area contributed by atoms with E-state index in [0.29, 0.717) is 23.5 Å². The molecule has 39 heavy (non-hydrogen) atoms. The van der Waals surface area contributed by atoms with E-state index in [2.05, 4.69) is 15.6 Å². The fraction of sp³-hybridized carbons (Fsp3) is 0.429. The van der Waals surface area contributed by atoms with E-state index in [4.69, 9.17) is 15.2 Å². The summed E-state index contributed by atoms with van der Waals surface area (Å²) in [5, 5.41) is 5.32. The summed E-state index contributed by atoms with van der Waals surface area (Å²) in [6.45, 7) is 6.92. The van der Waals surface area contributed by atoms with Gasteiger partial charge in [0.1, 0.15) is 29.3 Å². The molecule has 3 rings (SSSR count). The van der Waals surface area contributed by atoms with Crippen molar-refractivity contribution in [2.24, 2.45) is 7.05 Å². The number of carbonyl (C=O) groups excluding carboxylic acids is 3. The molecule has 0 spiro atoms. The van der Waals surface area contributed by atoms with E-state index in [9.17, 15) is 18.8 Å². The molecule has 11 heteroatoms. The number of imidazole rings is 1. The number of halogens is 1. The molecule has 3 aromatic rings. The molecule has 2 aromatic carbocycles. The lowest BCUT2D eigenvalue weighted by Gasteiger charge is -2.25. The molecule has 0 saturated carbocycles. The highest BCUT2D eigenvalue weighted by Gasteiger charge is 2.29. The lowest BCUT2D eigenvalue weighted by atomic mass is 10.0. The molecule has 0 fully saturated rings. The van der Waals surface area contributed by atoms with Crippen molar-refractivity contribution in [2.45, 2.75) is 64.6 Å². The van der Waals surface area contributed by atoms with Crippen LogP contribution in [0.1, 0.15) is 45.5 Å². The number of rotatable bonds is 10. The number of ether oxygens (including phenoxy) is 2. The third-order valence-corrected chi connectivity index (χ3v) is 5.90. The van der Waals surface area contributed by atoms with Crippen molar-refractivity contribution < 1.29 is 28.2 Å². The standard InChI is InChI=1S/C28H36FN5O5/c1-6-38-26(36)22(15-17-7-9-18(29)10-8-17)32-25(35)20(33-27(37)39-28(2,3)4)12-14-24-31-21-16-19(30)11-13-23(21)34(24)5/h7-11,13,16,20,22H,6,12,14-15,30H2,1-5H3,(H,32,35)(H,33,37)/t20-,22-/m0/s1. The Morgan fingerprint density at radius 2 is 1.77 bits per heavy atom. The Morgan fingerprint density at radius 3 is 2.41 bits per heavy atom. The second kappa shape index (κ2) is 12.6. The molecule has 0 saturated heterocycles. The molecule has 210 valence electrons. The quantitative estimate of drug-likeness (QED) is 0.264. The van der Waals surface area contributed by atoms with Gasteiger partial charge in [-0.25, -0.2) is 19.0 Å². The van der Waals surface area contributed by atoms with Crippen molar-refractivity contribution in [1.82, 2.24) is 20.2 Å². The minimum atomic E-state index is -1.05. The number of anilines is 1. The molecule has 0 radical (unpaired) electrons. The summed E-state index contributed by atoms with van der Waals surface area (Å²) in [7, 11) is 1.86. The van der Waals surface area contributed by atoms with Gasteiger partial charge in [0.05, 0.1) is 17.6 Å². The number of nitrogens with zero attached hydrogens (tertiary/aromatic N) is 2. The molecule has 1 heterocycles. The topological polar surface area (TPSA) is 138 Å². The molecule has 0 bridgehead atoms. The van der Waals surface area contributed by atoms with Crippen molar-refractivity contribution in [3.05, 3.63) is 59.7 Å². The van der Waals surface area contributed by atoms with Gasteiger partial charge in [0.15, 0.2) is 0 Å². The largest absolute Gasteiger partial charge is 0.464 e. The van der Waals surface area contributed by atoms with E-state index in [1.54, 1.807) is 39.8 Å². The first-order valence-corrected chi connectivity index (χ1v) is 12.8. The summed E-state index contributed by atoms with van der Waals surface area (Å²) in [4.78, 5) is 43.3. The van der Waals surface area contributed by atoms with Gasteiger partial charge in [-0.05, 0) is 70.0 Å².